The number of nitrogens with zero attached hydrogens (tertiary/aromatic N) is 3. The van der Waals surface area contributed by atoms with Gasteiger partial charge in [0.2, 0.25) is 5.91 Å². The minimum absolute atomic E-state index is 0.0950. The van der Waals surface area contributed by atoms with Crippen LogP contribution in [0.3, 0.4) is 0 Å². The molecule has 8 heteroatoms. The molecular weight excluding hydrogens is 262 g/mol. The van der Waals surface area contributed by atoms with E-state index < -0.39 is 0 Å². The van der Waals surface area contributed by atoms with Gasteiger partial charge in [-0.25, -0.2) is 4.68 Å². The third kappa shape index (κ3) is 6.95. The summed E-state index contributed by atoms with van der Waals surface area (Å²) in [6, 6.07) is 0. The summed E-state index contributed by atoms with van der Waals surface area (Å²) in [6.45, 7) is 3.46. The zero-order valence-corrected chi connectivity index (χ0v) is 11.9. The molecule has 0 unspecified atom stereocenters. The van der Waals surface area contributed by atoms with E-state index >= 15 is 0 Å². The number of hydrogen-bond donors (Lipinski definition) is 2. The lowest BCUT2D eigenvalue weighted by Gasteiger charge is -2.05. The highest BCUT2D eigenvalue weighted by atomic mass is 16.5. The SMILES string of the molecule is CNCc1cn(CC(=O)NCCOCCC(C)=O)nn1. The van der Waals surface area contributed by atoms with Gasteiger partial charge in [-0.15, -0.1) is 5.10 Å². The van der Waals surface area contributed by atoms with Crippen molar-refractivity contribution in [2.75, 3.05) is 26.8 Å². The zero-order chi connectivity index (χ0) is 14.8. The van der Waals surface area contributed by atoms with E-state index in [1.165, 1.54) is 11.6 Å². The van der Waals surface area contributed by atoms with Crippen molar-refractivity contribution in [2.45, 2.75) is 26.4 Å². The summed E-state index contributed by atoms with van der Waals surface area (Å²) in [5.74, 6) is -0.0568. The fourth-order valence-corrected chi connectivity index (χ4v) is 1.46. The first-order chi connectivity index (χ1) is 9.61. The fraction of sp³-hybridized carbons (Fsp3) is 0.667. The monoisotopic (exact) mass is 283 g/mol. The summed E-state index contributed by atoms with van der Waals surface area (Å²) in [5, 5.41) is 13.4. The maximum atomic E-state index is 11.6. The van der Waals surface area contributed by atoms with Gasteiger partial charge in [-0.2, -0.15) is 0 Å². The van der Waals surface area contributed by atoms with Crippen LogP contribution in [0.2, 0.25) is 0 Å². The summed E-state index contributed by atoms with van der Waals surface area (Å²) < 4.78 is 6.69. The van der Waals surface area contributed by atoms with Crippen molar-refractivity contribution in [3.63, 3.8) is 0 Å². The quantitative estimate of drug-likeness (QED) is 0.541. The molecule has 1 heterocycles. The molecule has 2 N–H and O–H groups in total. The van der Waals surface area contributed by atoms with Gasteiger partial charge in [-0.05, 0) is 14.0 Å². The first-order valence-corrected chi connectivity index (χ1v) is 6.49. The highest BCUT2D eigenvalue weighted by Gasteiger charge is 2.05. The molecule has 0 fully saturated rings. The average Bonchev–Trinajstić information content (AvgIpc) is 2.81. The predicted octanol–water partition coefficient (Wildman–Crippen LogP) is -0.891. The van der Waals surface area contributed by atoms with Gasteiger partial charge in [0.1, 0.15) is 12.3 Å². The van der Waals surface area contributed by atoms with E-state index in [9.17, 15) is 9.59 Å². The Hall–Kier alpha value is -1.80. The number of carbonyl (C=O) groups is 2. The average molecular weight is 283 g/mol. The number of ether oxygens (including phenoxy) is 1. The molecule has 0 radical (unpaired) electrons. The first kappa shape index (κ1) is 16.3. The molecule has 0 aromatic carbocycles. The van der Waals surface area contributed by atoms with Crippen LogP contribution in [0, 0.1) is 0 Å². The van der Waals surface area contributed by atoms with Crippen LogP contribution < -0.4 is 10.6 Å². The lowest BCUT2D eigenvalue weighted by atomic mass is 10.3. The fourth-order valence-electron chi connectivity index (χ4n) is 1.46. The zero-order valence-electron chi connectivity index (χ0n) is 11.9. The molecular formula is C12H21N5O3. The largest absolute Gasteiger partial charge is 0.379 e. The summed E-state index contributed by atoms with van der Waals surface area (Å²) in [6.07, 6.45) is 2.13. The lowest BCUT2D eigenvalue weighted by molar-refractivity contribution is -0.122. The van der Waals surface area contributed by atoms with Gasteiger partial charge in [0.25, 0.3) is 0 Å². The highest BCUT2D eigenvalue weighted by molar-refractivity contribution is 5.75. The minimum Gasteiger partial charge on any atom is -0.379 e. The van der Waals surface area contributed by atoms with Gasteiger partial charge in [0, 0.05) is 19.5 Å². The molecule has 112 valence electrons. The maximum absolute atomic E-state index is 11.6. The van der Waals surface area contributed by atoms with Crippen molar-refractivity contribution < 1.29 is 14.3 Å². The Kier molecular flexibility index (Phi) is 7.44. The summed E-state index contributed by atoms with van der Waals surface area (Å²) in [7, 11) is 1.82. The molecule has 1 aromatic heterocycles. The molecule has 0 saturated heterocycles. The van der Waals surface area contributed by atoms with E-state index in [0.717, 1.165) is 5.69 Å². The Balaban J connectivity index is 2.11. The van der Waals surface area contributed by atoms with E-state index in [4.69, 9.17) is 4.74 Å². The number of hydrogen-bond acceptors (Lipinski definition) is 6. The van der Waals surface area contributed by atoms with E-state index in [2.05, 4.69) is 20.9 Å². The van der Waals surface area contributed by atoms with Gasteiger partial charge in [0.05, 0.1) is 25.1 Å². The second-order valence-electron chi connectivity index (χ2n) is 4.35. The van der Waals surface area contributed by atoms with Gasteiger partial charge < -0.3 is 15.4 Å². The summed E-state index contributed by atoms with van der Waals surface area (Å²) >= 11 is 0. The number of nitrogens with one attached hydrogen (secondary N) is 2. The van der Waals surface area contributed by atoms with Crippen LogP contribution in [0.15, 0.2) is 6.20 Å². The number of Topliss-reactive ketones (excluding diaryl/α,β-unsaturated/α-hetero) is 1. The standard InChI is InChI=1S/C12H21N5O3/c1-10(18)3-5-20-6-4-14-12(19)9-17-8-11(7-13-2)15-16-17/h8,13H,3-7,9H2,1-2H3,(H,14,19). The first-order valence-electron chi connectivity index (χ1n) is 6.49. The Labute approximate surface area is 117 Å². The molecule has 0 saturated carbocycles. The molecule has 0 aliphatic rings. The van der Waals surface area contributed by atoms with Crippen molar-refractivity contribution in [2.24, 2.45) is 0 Å². The van der Waals surface area contributed by atoms with Crippen LogP contribution in [0.4, 0.5) is 0 Å². The van der Waals surface area contributed by atoms with Crippen molar-refractivity contribution in [3.05, 3.63) is 11.9 Å². The summed E-state index contributed by atoms with van der Waals surface area (Å²) in [5.41, 5.74) is 0.785. The van der Waals surface area contributed by atoms with Crippen molar-refractivity contribution in [1.82, 2.24) is 25.6 Å². The normalized spacial score (nSPS) is 10.5. The number of carbonyl (C=O) groups excluding carboxylic acids is 2. The van der Waals surface area contributed by atoms with Crippen molar-refractivity contribution in [3.8, 4) is 0 Å². The second kappa shape index (κ2) is 9.16. The Morgan fingerprint density at radius 1 is 1.40 bits per heavy atom. The smallest absolute Gasteiger partial charge is 0.241 e. The van der Waals surface area contributed by atoms with Crippen LogP contribution in [0.5, 0.6) is 0 Å². The van der Waals surface area contributed by atoms with Gasteiger partial charge in [-0.1, -0.05) is 5.21 Å². The molecule has 1 aromatic rings. The van der Waals surface area contributed by atoms with Gasteiger partial charge >= 0.3 is 0 Å². The molecule has 0 aliphatic carbocycles. The number of rotatable bonds is 10. The molecule has 8 nitrogen and oxygen atoms in total. The Morgan fingerprint density at radius 3 is 2.90 bits per heavy atom. The van der Waals surface area contributed by atoms with Crippen LogP contribution >= 0.6 is 0 Å². The topological polar surface area (TPSA) is 98.1 Å². The van der Waals surface area contributed by atoms with Crippen molar-refractivity contribution >= 4 is 11.7 Å². The molecule has 0 aliphatic heterocycles. The predicted molar refractivity (Wildman–Crippen MR) is 71.9 cm³/mol. The molecule has 1 amide bonds. The van der Waals surface area contributed by atoms with Crippen molar-refractivity contribution in [1.29, 1.82) is 0 Å². The molecule has 20 heavy (non-hydrogen) atoms. The Bertz CT molecular complexity index is 432. The highest BCUT2D eigenvalue weighted by Crippen LogP contribution is 1.91. The molecule has 0 bridgehead atoms. The summed E-state index contributed by atoms with van der Waals surface area (Å²) in [4.78, 5) is 22.3. The minimum atomic E-state index is -0.152. The number of ketones is 1. The molecule has 0 spiro atoms. The van der Waals surface area contributed by atoms with E-state index in [1.807, 2.05) is 7.05 Å². The van der Waals surface area contributed by atoms with Gasteiger partial charge in [-0.3, -0.25) is 9.59 Å². The molecule has 0 atom stereocenters. The third-order valence-corrected chi connectivity index (χ3v) is 2.42. The van der Waals surface area contributed by atoms with Crippen LogP contribution in [0.1, 0.15) is 19.0 Å². The van der Waals surface area contributed by atoms with E-state index in [-0.39, 0.29) is 18.2 Å². The lowest BCUT2D eigenvalue weighted by Crippen LogP contribution is -2.30. The number of aromatic nitrogens is 3. The van der Waals surface area contributed by atoms with E-state index in [1.54, 1.807) is 6.20 Å². The maximum Gasteiger partial charge on any atom is 0.241 e. The van der Waals surface area contributed by atoms with Crippen LogP contribution in [-0.2, 0) is 27.4 Å². The van der Waals surface area contributed by atoms with Gasteiger partial charge in [0.15, 0.2) is 0 Å². The van der Waals surface area contributed by atoms with E-state index in [0.29, 0.717) is 32.7 Å². The Morgan fingerprint density at radius 2 is 2.20 bits per heavy atom. The van der Waals surface area contributed by atoms with Crippen LogP contribution in [0.25, 0.3) is 0 Å². The molecule has 1 rings (SSSR count). The van der Waals surface area contributed by atoms with Crippen LogP contribution in [-0.4, -0.2) is 53.5 Å². The second-order valence-corrected chi connectivity index (χ2v) is 4.35. The number of amides is 1. The third-order valence-electron chi connectivity index (χ3n) is 2.42.